The zero-order chi connectivity index (χ0) is 9.68. The molecule has 0 aliphatic carbocycles. The van der Waals surface area contributed by atoms with E-state index < -0.39 is 0 Å². The Hall–Kier alpha value is -0.560. The molecule has 13 heavy (non-hydrogen) atoms. The quantitative estimate of drug-likeness (QED) is 0.691. The van der Waals surface area contributed by atoms with Crippen LogP contribution in [-0.4, -0.2) is 4.83 Å². The zero-order valence-corrected chi connectivity index (χ0v) is 9.71. The summed E-state index contributed by atoms with van der Waals surface area (Å²) in [4.78, 5) is 0.507. The highest BCUT2D eigenvalue weighted by Crippen LogP contribution is 2.18. The van der Waals surface area contributed by atoms with Crippen molar-refractivity contribution >= 4 is 22.0 Å². The van der Waals surface area contributed by atoms with Crippen molar-refractivity contribution in [3.05, 3.63) is 41.5 Å². The van der Waals surface area contributed by atoms with Gasteiger partial charge in [-0.2, -0.15) is 0 Å². The summed E-state index contributed by atoms with van der Waals surface area (Å²) < 4.78 is 0. The SMILES string of the molecule is CCC(Br)C(C)=Cc1ccccc1. The molecule has 0 N–H and O–H groups in total. The van der Waals surface area contributed by atoms with E-state index in [4.69, 9.17) is 0 Å². The fourth-order valence-electron chi connectivity index (χ4n) is 1.22. The molecule has 70 valence electrons. The fraction of sp³-hybridized carbons (Fsp3) is 0.333. The zero-order valence-electron chi connectivity index (χ0n) is 8.13. The van der Waals surface area contributed by atoms with Gasteiger partial charge in [0.1, 0.15) is 0 Å². The smallest absolute Gasteiger partial charge is 0.0352 e. The normalized spacial score (nSPS) is 14.2. The molecule has 0 saturated carbocycles. The molecule has 0 aromatic heterocycles. The van der Waals surface area contributed by atoms with Crippen molar-refractivity contribution in [2.75, 3.05) is 0 Å². The molecular weight excluding hydrogens is 224 g/mol. The van der Waals surface area contributed by atoms with Crippen LogP contribution in [0.5, 0.6) is 0 Å². The third-order valence-corrected chi connectivity index (χ3v) is 3.42. The number of rotatable bonds is 3. The van der Waals surface area contributed by atoms with Crippen LogP contribution < -0.4 is 0 Å². The van der Waals surface area contributed by atoms with Gasteiger partial charge in [0.2, 0.25) is 0 Å². The summed E-state index contributed by atoms with van der Waals surface area (Å²) in [6.45, 7) is 4.34. The first-order valence-electron chi connectivity index (χ1n) is 4.61. The minimum atomic E-state index is 0.507. The van der Waals surface area contributed by atoms with E-state index in [1.54, 1.807) is 0 Å². The van der Waals surface area contributed by atoms with Crippen molar-refractivity contribution in [3.8, 4) is 0 Å². The standard InChI is InChI=1S/C12H15Br/c1-3-12(13)10(2)9-11-7-5-4-6-8-11/h4-9,12H,3H2,1-2H3. The third kappa shape index (κ3) is 3.35. The molecule has 0 radical (unpaired) electrons. The molecule has 1 unspecified atom stereocenters. The maximum atomic E-state index is 3.63. The predicted octanol–water partition coefficient (Wildman–Crippen LogP) is 4.26. The van der Waals surface area contributed by atoms with Crippen LogP contribution in [0.25, 0.3) is 6.08 Å². The highest BCUT2D eigenvalue weighted by atomic mass is 79.9. The average molecular weight is 239 g/mol. The van der Waals surface area contributed by atoms with Crippen LogP contribution in [0.2, 0.25) is 0 Å². The minimum absolute atomic E-state index is 0.507. The number of halogens is 1. The first-order chi connectivity index (χ1) is 6.24. The first-order valence-corrected chi connectivity index (χ1v) is 5.53. The van der Waals surface area contributed by atoms with Crippen molar-refractivity contribution in [3.63, 3.8) is 0 Å². The summed E-state index contributed by atoms with van der Waals surface area (Å²) in [5.41, 5.74) is 2.66. The lowest BCUT2D eigenvalue weighted by Gasteiger charge is -2.06. The van der Waals surface area contributed by atoms with Gasteiger partial charge in [-0.25, -0.2) is 0 Å². The molecular formula is C12H15Br. The van der Waals surface area contributed by atoms with Crippen LogP contribution in [-0.2, 0) is 0 Å². The van der Waals surface area contributed by atoms with E-state index in [-0.39, 0.29) is 0 Å². The van der Waals surface area contributed by atoms with Gasteiger partial charge in [0, 0.05) is 4.83 Å². The lowest BCUT2D eigenvalue weighted by atomic mass is 10.1. The van der Waals surface area contributed by atoms with Crippen LogP contribution in [0.4, 0.5) is 0 Å². The number of allylic oxidation sites excluding steroid dienone is 1. The highest BCUT2D eigenvalue weighted by molar-refractivity contribution is 9.09. The van der Waals surface area contributed by atoms with Gasteiger partial charge in [-0.1, -0.05) is 64.8 Å². The largest absolute Gasteiger partial charge is 0.0843 e. The van der Waals surface area contributed by atoms with Gasteiger partial charge in [-0.3, -0.25) is 0 Å². The Morgan fingerprint density at radius 3 is 2.54 bits per heavy atom. The Morgan fingerprint density at radius 2 is 2.00 bits per heavy atom. The monoisotopic (exact) mass is 238 g/mol. The van der Waals surface area contributed by atoms with Gasteiger partial charge in [0.25, 0.3) is 0 Å². The van der Waals surface area contributed by atoms with Crippen molar-refractivity contribution in [2.45, 2.75) is 25.1 Å². The molecule has 0 heterocycles. The molecule has 1 atom stereocenters. The molecule has 0 bridgehead atoms. The number of hydrogen-bond donors (Lipinski definition) is 0. The van der Waals surface area contributed by atoms with Crippen molar-refractivity contribution in [2.24, 2.45) is 0 Å². The fourth-order valence-corrected chi connectivity index (χ4v) is 1.36. The summed E-state index contributed by atoms with van der Waals surface area (Å²) in [6, 6.07) is 10.4. The van der Waals surface area contributed by atoms with E-state index in [2.05, 4.69) is 60.1 Å². The molecule has 1 rings (SSSR count). The van der Waals surface area contributed by atoms with Crippen LogP contribution >= 0.6 is 15.9 Å². The summed E-state index contributed by atoms with van der Waals surface area (Å²) in [7, 11) is 0. The Morgan fingerprint density at radius 1 is 1.38 bits per heavy atom. The number of alkyl halides is 1. The van der Waals surface area contributed by atoms with Crippen LogP contribution in [0.3, 0.4) is 0 Å². The molecule has 1 aromatic carbocycles. The number of hydrogen-bond acceptors (Lipinski definition) is 0. The second kappa shape index (κ2) is 5.23. The Labute approximate surface area is 88.8 Å². The molecule has 1 heteroatoms. The molecule has 0 fully saturated rings. The summed E-state index contributed by atoms with van der Waals surface area (Å²) in [6.07, 6.45) is 3.36. The van der Waals surface area contributed by atoms with E-state index in [1.807, 2.05) is 6.07 Å². The minimum Gasteiger partial charge on any atom is -0.0843 e. The second-order valence-corrected chi connectivity index (χ2v) is 4.28. The predicted molar refractivity (Wildman–Crippen MR) is 63.1 cm³/mol. The van der Waals surface area contributed by atoms with Gasteiger partial charge in [-0.15, -0.1) is 0 Å². The summed E-state index contributed by atoms with van der Waals surface area (Å²) in [5, 5.41) is 0. The molecule has 0 nitrogen and oxygen atoms in total. The van der Waals surface area contributed by atoms with Gasteiger partial charge >= 0.3 is 0 Å². The van der Waals surface area contributed by atoms with Crippen LogP contribution in [0.1, 0.15) is 25.8 Å². The van der Waals surface area contributed by atoms with Gasteiger partial charge in [0.05, 0.1) is 0 Å². The van der Waals surface area contributed by atoms with Crippen molar-refractivity contribution in [1.29, 1.82) is 0 Å². The lowest BCUT2D eigenvalue weighted by molar-refractivity contribution is 0.945. The maximum absolute atomic E-state index is 3.63. The molecule has 0 spiro atoms. The second-order valence-electron chi connectivity index (χ2n) is 3.17. The van der Waals surface area contributed by atoms with E-state index in [9.17, 15) is 0 Å². The van der Waals surface area contributed by atoms with Crippen LogP contribution in [0.15, 0.2) is 35.9 Å². The highest BCUT2D eigenvalue weighted by Gasteiger charge is 2.01. The Kier molecular flexibility index (Phi) is 4.23. The van der Waals surface area contributed by atoms with Gasteiger partial charge < -0.3 is 0 Å². The summed E-state index contributed by atoms with van der Waals surface area (Å²) >= 11 is 3.63. The van der Waals surface area contributed by atoms with E-state index in [0.29, 0.717) is 4.83 Å². The molecule has 0 aliphatic rings. The Bertz CT molecular complexity index is 274. The van der Waals surface area contributed by atoms with Gasteiger partial charge in [-0.05, 0) is 18.9 Å². The molecule has 0 amide bonds. The number of benzene rings is 1. The topological polar surface area (TPSA) is 0 Å². The molecule has 0 saturated heterocycles. The van der Waals surface area contributed by atoms with Crippen molar-refractivity contribution < 1.29 is 0 Å². The van der Waals surface area contributed by atoms with Gasteiger partial charge in [0.15, 0.2) is 0 Å². The maximum Gasteiger partial charge on any atom is 0.0352 e. The molecule has 1 aromatic rings. The average Bonchev–Trinajstić information content (AvgIpc) is 2.18. The van der Waals surface area contributed by atoms with Crippen LogP contribution in [0, 0.1) is 0 Å². The Balaban J connectivity index is 2.77. The van der Waals surface area contributed by atoms with E-state index in [0.717, 1.165) is 6.42 Å². The van der Waals surface area contributed by atoms with E-state index >= 15 is 0 Å². The van der Waals surface area contributed by atoms with Crippen molar-refractivity contribution in [1.82, 2.24) is 0 Å². The first kappa shape index (κ1) is 10.5. The van der Waals surface area contributed by atoms with E-state index in [1.165, 1.54) is 11.1 Å². The molecule has 0 aliphatic heterocycles. The third-order valence-electron chi connectivity index (χ3n) is 2.05. The lowest BCUT2D eigenvalue weighted by Crippen LogP contribution is -1.95. The summed E-state index contributed by atoms with van der Waals surface area (Å²) in [5.74, 6) is 0.